The molecule has 0 fully saturated rings. The zero-order valence-corrected chi connectivity index (χ0v) is 8.62. The molecule has 70 valence electrons. The fourth-order valence-electron chi connectivity index (χ4n) is 1.41. The van der Waals surface area contributed by atoms with Crippen LogP contribution >= 0.6 is 0 Å². The number of rotatable bonds is 2. The van der Waals surface area contributed by atoms with Crippen molar-refractivity contribution in [2.24, 2.45) is 0 Å². The highest BCUT2D eigenvalue weighted by Crippen LogP contribution is 2.09. The van der Waals surface area contributed by atoms with Crippen LogP contribution in [0, 0.1) is 0 Å². The standard InChI is InChI=1S/C10H20N2/c1-9(2)11-5-7-12(8-6-11)10(3)4/h5,7,9-10H,6,8H2,1-4H3. The van der Waals surface area contributed by atoms with E-state index in [-0.39, 0.29) is 0 Å². The quantitative estimate of drug-likeness (QED) is 0.621. The van der Waals surface area contributed by atoms with Gasteiger partial charge >= 0.3 is 0 Å². The van der Waals surface area contributed by atoms with Crippen LogP contribution < -0.4 is 0 Å². The van der Waals surface area contributed by atoms with Gasteiger partial charge in [0.25, 0.3) is 0 Å². The van der Waals surface area contributed by atoms with Crippen LogP contribution in [0.3, 0.4) is 0 Å². The molecule has 0 spiro atoms. The summed E-state index contributed by atoms with van der Waals surface area (Å²) in [6.45, 7) is 11.2. The van der Waals surface area contributed by atoms with Gasteiger partial charge in [0.2, 0.25) is 0 Å². The van der Waals surface area contributed by atoms with Gasteiger partial charge in [-0.15, -0.1) is 0 Å². The van der Waals surface area contributed by atoms with Crippen molar-refractivity contribution in [2.45, 2.75) is 39.8 Å². The summed E-state index contributed by atoms with van der Waals surface area (Å²) in [6, 6.07) is 1.27. The molecular formula is C10H20N2. The molecule has 1 aliphatic heterocycles. The van der Waals surface area contributed by atoms with Crippen molar-refractivity contribution >= 4 is 0 Å². The zero-order chi connectivity index (χ0) is 9.14. The maximum Gasteiger partial charge on any atom is 0.0351 e. The fraction of sp³-hybridized carbons (Fsp3) is 0.800. The van der Waals surface area contributed by atoms with Crippen LogP contribution in [0.5, 0.6) is 0 Å². The molecule has 0 saturated heterocycles. The molecule has 0 aromatic carbocycles. The Morgan fingerprint density at radius 1 is 0.833 bits per heavy atom. The van der Waals surface area contributed by atoms with Crippen molar-refractivity contribution in [1.29, 1.82) is 0 Å². The Kier molecular flexibility index (Phi) is 3.01. The van der Waals surface area contributed by atoms with Crippen LogP contribution in [-0.4, -0.2) is 35.0 Å². The minimum atomic E-state index is 0.635. The molecule has 2 heteroatoms. The van der Waals surface area contributed by atoms with E-state index in [4.69, 9.17) is 0 Å². The Hall–Kier alpha value is -0.660. The van der Waals surface area contributed by atoms with Crippen LogP contribution in [0.2, 0.25) is 0 Å². The molecule has 0 amide bonds. The molecule has 12 heavy (non-hydrogen) atoms. The first kappa shape index (κ1) is 9.43. The van der Waals surface area contributed by atoms with Crippen LogP contribution in [0.1, 0.15) is 27.7 Å². The first-order valence-electron chi connectivity index (χ1n) is 4.81. The van der Waals surface area contributed by atoms with E-state index in [2.05, 4.69) is 49.9 Å². The maximum absolute atomic E-state index is 2.37. The lowest BCUT2D eigenvalue weighted by Gasteiger charge is -2.35. The largest absolute Gasteiger partial charge is 0.372 e. The summed E-state index contributed by atoms with van der Waals surface area (Å²) in [4.78, 5) is 4.75. The summed E-state index contributed by atoms with van der Waals surface area (Å²) in [7, 11) is 0. The number of hydrogen-bond donors (Lipinski definition) is 0. The molecule has 0 N–H and O–H groups in total. The lowest BCUT2D eigenvalue weighted by Crippen LogP contribution is -2.40. The molecule has 0 aromatic heterocycles. The highest BCUT2D eigenvalue weighted by Gasteiger charge is 2.13. The SMILES string of the molecule is CC(C)N1C=CN(C(C)C)CC1. The highest BCUT2D eigenvalue weighted by atomic mass is 15.2. The lowest BCUT2D eigenvalue weighted by molar-refractivity contribution is 0.206. The van der Waals surface area contributed by atoms with E-state index in [9.17, 15) is 0 Å². The van der Waals surface area contributed by atoms with Crippen molar-refractivity contribution in [2.75, 3.05) is 13.1 Å². The minimum absolute atomic E-state index is 0.635. The van der Waals surface area contributed by atoms with Crippen molar-refractivity contribution in [1.82, 2.24) is 9.80 Å². The molecule has 0 bridgehead atoms. The van der Waals surface area contributed by atoms with Crippen molar-refractivity contribution in [3.05, 3.63) is 12.4 Å². The third kappa shape index (κ3) is 2.16. The van der Waals surface area contributed by atoms with E-state index in [1.807, 2.05) is 0 Å². The Labute approximate surface area is 75.8 Å². The van der Waals surface area contributed by atoms with E-state index in [0.29, 0.717) is 12.1 Å². The van der Waals surface area contributed by atoms with Gasteiger partial charge < -0.3 is 9.80 Å². The third-order valence-electron chi connectivity index (χ3n) is 2.39. The smallest absolute Gasteiger partial charge is 0.0351 e. The molecule has 1 rings (SSSR count). The number of hydrogen-bond acceptors (Lipinski definition) is 2. The molecule has 0 unspecified atom stereocenters. The highest BCUT2D eigenvalue weighted by molar-refractivity contribution is 4.91. The predicted octanol–water partition coefficient (Wildman–Crippen LogP) is 1.89. The van der Waals surface area contributed by atoms with Gasteiger partial charge in [-0.3, -0.25) is 0 Å². The first-order valence-corrected chi connectivity index (χ1v) is 4.81. The average Bonchev–Trinajstić information content (AvgIpc) is 2.04. The molecule has 0 aliphatic carbocycles. The predicted molar refractivity (Wildman–Crippen MR) is 52.8 cm³/mol. The van der Waals surface area contributed by atoms with Gasteiger partial charge in [-0.2, -0.15) is 0 Å². The molecule has 1 heterocycles. The van der Waals surface area contributed by atoms with Gasteiger partial charge in [0, 0.05) is 37.6 Å². The molecular weight excluding hydrogens is 148 g/mol. The summed E-state index contributed by atoms with van der Waals surface area (Å²) < 4.78 is 0. The Morgan fingerprint density at radius 3 is 1.33 bits per heavy atom. The Balaban J connectivity index is 2.47. The first-order chi connectivity index (χ1) is 5.61. The summed E-state index contributed by atoms with van der Waals surface area (Å²) in [5, 5.41) is 0. The van der Waals surface area contributed by atoms with Crippen molar-refractivity contribution < 1.29 is 0 Å². The molecule has 1 aliphatic rings. The lowest BCUT2D eigenvalue weighted by atomic mass is 10.2. The fourth-order valence-corrected chi connectivity index (χ4v) is 1.41. The average molecular weight is 168 g/mol. The summed E-state index contributed by atoms with van der Waals surface area (Å²) in [6.07, 6.45) is 4.41. The van der Waals surface area contributed by atoms with Gasteiger partial charge in [-0.25, -0.2) is 0 Å². The van der Waals surface area contributed by atoms with Crippen molar-refractivity contribution in [3.63, 3.8) is 0 Å². The van der Waals surface area contributed by atoms with Crippen molar-refractivity contribution in [3.8, 4) is 0 Å². The monoisotopic (exact) mass is 168 g/mol. The third-order valence-corrected chi connectivity index (χ3v) is 2.39. The second-order valence-corrected chi connectivity index (χ2v) is 3.96. The van der Waals surface area contributed by atoms with Gasteiger partial charge in [0.1, 0.15) is 0 Å². The maximum atomic E-state index is 2.37. The topological polar surface area (TPSA) is 6.48 Å². The van der Waals surface area contributed by atoms with E-state index in [1.54, 1.807) is 0 Å². The summed E-state index contributed by atoms with van der Waals surface area (Å²) in [5.41, 5.74) is 0. The van der Waals surface area contributed by atoms with Gasteiger partial charge in [0.05, 0.1) is 0 Å². The number of nitrogens with zero attached hydrogens (tertiary/aromatic N) is 2. The Morgan fingerprint density at radius 2 is 1.17 bits per heavy atom. The van der Waals surface area contributed by atoms with Crippen LogP contribution in [0.15, 0.2) is 12.4 Å². The van der Waals surface area contributed by atoms with E-state index < -0.39 is 0 Å². The second kappa shape index (κ2) is 3.83. The van der Waals surface area contributed by atoms with Gasteiger partial charge in [-0.05, 0) is 27.7 Å². The molecule has 0 atom stereocenters. The van der Waals surface area contributed by atoms with E-state index in [0.717, 1.165) is 13.1 Å². The van der Waals surface area contributed by atoms with Gasteiger partial charge in [0.15, 0.2) is 0 Å². The van der Waals surface area contributed by atoms with E-state index >= 15 is 0 Å². The molecule has 0 radical (unpaired) electrons. The summed E-state index contributed by atoms with van der Waals surface area (Å²) in [5.74, 6) is 0. The van der Waals surface area contributed by atoms with Crippen LogP contribution in [-0.2, 0) is 0 Å². The zero-order valence-electron chi connectivity index (χ0n) is 8.62. The molecule has 0 saturated carbocycles. The Bertz CT molecular complexity index is 143. The van der Waals surface area contributed by atoms with E-state index in [1.165, 1.54) is 0 Å². The normalized spacial score (nSPS) is 18.2. The van der Waals surface area contributed by atoms with Crippen LogP contribution in [0.25, 0.3) is 0 Å². The summed E-state index contributed by atoms with van der Waals surface area (Å²) >= 11 is 0. The minimum Gasteiger partial charge on any atom is -0.372 e. The second-order valence-electron chi connectivity index (χ2n) is 3.96. The van der Waals surface area contributed by atoms with Crippen LogP contribution in [0.4, 0.5) is 0 Å². The molecule has 0 aromatic rings. The molecule has 2 nitrogen and oxygen atoms in total. The van der Waals surface area contributed by atoms with Gasteiger partial charge in [-0.1, -0.05) is 0 Å².